The number of halogens is 6. The molecule has 57 heavy (non-hydrogen) atoms. The summed E-state index contributed by atoms with van der Waals surface area (Å²) >= 11 is 20.3. The minimum atomic E-state index is -5.08. The van der Waals surface area contributed by atoms with Crippen molar-refractivity contribution < 1.29 is 55.6 Å². The van der Waals surface area contributed by atoms with Crippen LogP contribution in [0.5, 0.6) is 17.5 Å². The zero-order chi connectivity index (χ0) is 41.8. The van der Waals surface area contributed by atoms with E-state index in [1.807, 2.05) is 54.6 Å². The first kappa shape index (κ1) is 44.7. The molecule has 0 amide bonds. The first-order valence-corrected chi connectivity index (χ1v) is 19.5. The van der Waals surface area contributed by atoms with Gasteiger partial charge in [0.2, 0.25) is 11.8 Å². The maximum atomic E-state index is 11.9. The second-order valence-electron chi connectivity index (χ2n) is 11.8. The summed E-state index contributed by atoms with van der Waals surface area (Å²) < 4.78 is 73.0. The number of alkyl halides is 3. The average Bonchev–Trinajstić information content (AvgIpc) is 3.17. The van der Waals surface area contributed by atoms with E-state index in [1.165, 1.54) is 24.5 Å². The SMILES string of the molecule is CS(=O)(=O)c1cncc(COc2nc(OCc3cccc(-c4cccc(-c5ccc(OCCNCCO)cc5)c4Cl)c3Cl)c(Cl)cc2C=O)c1.O=C(O)C(F)(F)F. The van der Waals surface area contributed by atoms with Crippen molar-refractivity contribution >= 4 is 56.9 Å². The highest BCUT2D eigenvalue weighted by molar-refractivity contribution is 7.90. The maximum absolute atomic E-state index is 11.9. The van der Waals surface area contributed by atoms with E-state index in [9.17, 15) is 26.4 Å². The summed E-state index contributed by atoms with van der Waals surface area (Å²) in [5, 5.41) is 20.1. The molecule has 0 saturated carbocycles. The van der Waals surface area contributed by atoms with Crippen molar-refractivity contribution in [1.82, 2.24) is 15.3 Å². The monoisotopic (exact) mass is 869 g/mol. The Morgan fingerprint density at radius 2 is 1.49 bits per heavy atom. The second kappa shape index (κ2) is 20.5. The van der Waals surface area contributed by atoms with Gasteiger partial charge in [-0.1, -0.05) is 83.3 Å². The standard InChI is InChI=1S/C36H32Cl3N3O7S.C2HF3O2/c1-50(45,46)28-16-23(18-41-19-28)21-48-35-26(20-44)17-32(37)36(42-35)49-22-25-4-2-6-30(33(25)38)31-7-3-5-29(34(31)39)24-8-10-27(11-9-24)47-15-13-40-12-14-43;3-2(4,5)1(6)7/h2-11,16-20,40,43H,12-15,21-22H2,1H3;(H,6,7). The minimum Gasteiger partial charge on any atom is -0.492 e. The van der Waals surface area contributed by atoms with Crippen molar-refractivity contribution in [2.45, 2.75) is 24.3 Å². The van der Waals surface area contributed by atoms with Crippen LogP contribution >= 0.6 is 34.8 Å². The van der Waals surface area contributed by atoms with E-state index in [1.54, 1.807) is 6.07 Å². The Labute approximate surface area is 340 Å². The van der Waals surface area contributed by atoms with E-state index in [0.717, 1.165) is 22.9 Å². The molecule has 0 aliphatic heterocycles. The summed E-state index contributed by atoms with van der Waals surface area (Å²) in [6.07, 6.45) is -0.764. The molecule has 0 bridgehead atoms. The Hall–Kier alpha value is -4.97. The van der Waals surface area contributed by atoms with Crippen molar-refractivity contribution in [3.8, 4) is 39.8 Å². The number of hydrogen-bond donors (Lipinski definition) is 3. The summed E-state index contributed by atoms with van der Waals surface area (Å²) in [7, 11) is -3.47. The van der Waals surface area contributed by atoms with Crippen LogP contribution in [0.2, 0.25) is 15.1 Å². The fraction of sp³-hybridized carbons (Fsp3) is 0.211. The number of pyridine rings is 2. The highest BCUT2D eigenvalue weighted by Crippen LogP contribution is 2.41. The molecule has 0 radical (unpaired) electrons. The van der Waals surface area contributed by atoms with E-state index >= 15 is 0 Å². The molecule has 0 spiro atoms. The van der Waals surface area contributed by atoms with Gasteiger partial charge in [0.15, 0.2) is 16.1 Å². The second-order valence-corrected chi connectivity index (χ2v) is 14.9. The lowest BCUT2D eigenvalue weighted by Gasteiger charge is -2.15. The number of carboxylic acids is 1. The quantitative estimate of drug-likeness (QED) is 0.0651. The number of carbonyl (C=O) groups excluding carboxylic acids is 1. The van der Waals surface area contributed by atoms with Crippen LogP contribution in [-0.2, 0) is 27.8 Å². The molecule has 5 aromatic rings. The van der Waals surface area contributed by atoms with Gasteiger partial charge < -0.3 is 29.7 Å². The van der Waals surface area contributed by atoms with E-state index in [4.69, 9.17) is 64.0 Å². The van der Waals surface area contributed by atoms with Crippen molar-refractivity contribution in [3.05, 3.63) is 117 Å². The van der Waals surface area contributed by atoms with Crippen molar-refractivity contribution in [2.75, 3.05) is 32.6 Å². The number of benzene rings is 3. The summed E-state index contributed by atoms with van der Waals surface area (Å²) in [5.41, 5.74) is 4.30. The van der Waals surface area contributed by atoms with Gasteiger partial charge in [0, 0.05) is 59.6 Å². The number of hydrogen-bond acceptors (Lipinski definition) is 11. The Kier molecular flexibility index (Phi) is 16.1. The molecule has 3 N–H and O–H groups in total. The molecule has 302 valence electrons. The number of ether oxygens (including phenoxy) is 3. The van der Waals surface area contributed by atoms with Gasteiger partial charge in [-0.2, -0.15) is 18.2 Å². The zero-order valence-electron chi connectivity index (χ0n) is 29.7. The third-order valence-corrected chi connectivity index (χ3v) is 9.82. The molecule has 0 fully saturated rings. The Bertz CT molecular complexity index is 2300. The number of sulfone groups is 1. The number of carbonyl (C=O) groups is 2. The Morgan fingerprint density at radius 3 is 2.12 bits per heavy atom. The maximum Gasteiger partial charge on any atom is 0.490 e. The number of nitrogens with zero attached hydrogens (tertiary/aromatic N) is 2. The lowest BCUT2D eigenvalue weighted by Crippen LogP contribution is -2.23. The van der Waals surface area contributed by atoms with Crippen LogP contribution < -0.4 is 19.5 Å². The predicted octanol–water partition coefficient (Wildman–Crippen LogP) is 7.74. The molecular formula is C38H33Cl3F3N3O9S. The third kappa shape index (κ3) is 12.8. The number of nitrogens with one attached hydrogen (secondary N) is 1. The zero-order valence-corrected chi connectivity index (χ0v) is 32.8. The van der Waals surface area contributed by atoms with Gasteiger partial charge in [-0.3, -0.25) is 9.78 Å². The van der Waals surface area contributed by atoms with Gasteiger partial charge in [-0.05, 0) is 29.8 Å². The third-order valence-electron chi connectivity index (χ3n) is 7.61. The first-order chi connectivity index (χ1) is 27.0. The van der Waals surface area contributed by atoms with Crippen LogP contribution in [-0.4, -0.2) is 79.6 Å². The van der Waals surface area contributed by atoms with Gasteiger partial charge in [0.05, 0.1) is 27.1 Å². The van der Waals surface area contributed by atoms with Crippen LogP contribution in [0, 0.1) is 0 Å². The topological polar surface area (TPSA) is 174 Å². The van der Waals surface area contributed by atoms with Gasteiger partial charge >= 0.3 is 12.1 Å². The average molecular weight is 871 g/mol. The molecule has 19 heteroatoms. The molecule has 2 aromatic heterocycles. The molecular weight excluding hydrogens is 838 g/mol. The lowest BCUT2D eigenvalue weighted by atomic mass is 9.97. The molecule has 3 aromatic carbocycles. The molecule has 12 nitrogen and oxygen atoms in total. The van der Waals surface area contributed by atoms with E-state index in [2.05, 4.69) is 15.3 Å². The van der Waals surface area contributed by atoms with Crippen molar-refractivity contribution in [3.63, 3.8) is 0 Å². The lowest BCUT2D eigenvalue weighted by molar-refractivity contribution is -0.192. The first-order valence-electron chi connectivity index (χ1n) is 16.5. The van der Waals surface area contributed by atoms with E-state index in [0.29, 0.717) is 58.5 Å². The fourth-order valence-corrected chi connectivity index (χ4v) is 6.30. The number of rotatable bonds is 16. The van der Waals surface area contributed by atoms with Crippen molar-refractivity contribution in [2.24, 2.45) is 0 Å². The van der Waals surface area contributed by atoms with Gasteiger partial charge in [0.25, 0.3) is 0 Å². The summed E-state index contributed by atoms with van der Waals surface area (Å²) in [6.45, 7) is 1.55. The predicted molar refractivity (Wildman–Crippen MR) is 207 cm³/mol. The number of aromatic nitrogens is 2. The van der Waals surface area contributed by atoms with E-state index in [-0.39, 0.29) is 47.1 Å². The largest absolute Gasteiger partial charge is 0.492 e. The fourth-order valence-electron chi connectivity index (χ4n) is 4.85. The van der Waals surface area contributed by atoms with Crippen LogP contribution in [0.3, 0.4) is 0 Å². The highest BCUT2D eigenvalue weighted by Gasteiger charge is 2.38. The number of aliphatic carboxylic acids is 1. The molecule has 5 rings (SSSR count). The number of carboxylic acid groups (broad SMARTS) is 1. The molecule has 0 aliphatic carbocycles. The summed E-state index contributed by atoms with van der Waals surface area (Å²) in [5.74, 6) is -2.09. The smallest absolute Gasteiger partial charge is 0.490 e. The van der Waals surface area contributed by atoms with Crippen LogP contribution in [0.1, 0.15) is 21.5 Å². The van der Waals surface area contributed by atoms with E-state index < -0.39 is 22.0 Å². The van der Waals surface area contributed by atoms with Crippen molar-refractivity contribution in [1.29, 1.82) is 0 Å². The molecule has 0 atom stereocenters. The minimum absolute atomic E-state index is 0.00521. The molecule has 0 aliphatic rings. The molecule has 0 unspecified atom stereocenters. The van der Waals surface area contributed by atoms with Gasteiger partial charge in [-0.25, -0.2) is 13.2 Å². The Morgan fingerprint density at radius 1 is 0.860 bits per heavy atom. The summed E-state index contributed by atoms with van der Waals surface area (Å²) in [6, 6.07) is 21.6. The number of aliphatic hydroxyl groups excluding tert-OH is 1. The van der Waals surface area contributed by atoms with Crippen LogP contribution in [0.15, 0.2) is 90.1 Å². The number of aliphatic hydroxyl groups is 1. The normalized spacial score (nSPS) is 11.3. The Balaban J connectivity index is 0.000000940. The van der Waals surface area contributed by atoms with Gasteiger partial charge in [0.1, 0.15) is 30.6 Å². The summed E-state index contributed by atoms with van der Waals surface area (Å²) in [4.78, 5) is 29.0. The molecule has 2 heterocycles. The number of aldehydes is 1. The van der Waals surface area contributed by atoms with Crippen LogP contribution in [0.4, 0.5) is 13.2 Å². The van der Waals surface area contributed by atoms with Gasteiger partial charge in [-0.15, -0.1) is 0 Å². The molecule has 0 saturated heterocycles. The van der Waals surface area contributed by atoms with Crippen LogP contribution in [0.25, 0.3) is 22.3 Å². The highest BCUT2D eigenvalue weighted by atomic mass is 35.5.